The van der Waals surface area contributed by atoms with Gasteiger partial charge in [-0.1, -0.05) is 11.6 Å². The number of hydrogen-bond acceptors (Lipinski definition) is 3. The van der Waals surface area contributed by atoms with E-state index in [1.54, 1.807) is 0 Å². The molecular formula is C16H29N3O. The molecule has 0 aromatic rings. The largest absolute Gasteiger partial charge is 0.356 e. The fourth-order valence-corrected chi connectivity index (χ4v) is 3.41. The number of nitrogens with one attached hydrogen (secondary N) is 1. The van der Waals surface area contributed by atoms with E-state index >= 15 is 0 Å². The molecule has 0 aromatic heterocycles. The first-order valence-electron chi connectivity index (χ1n) is 7.85. The summed E-state index contributed by atoms with van der Waals surface area (Å²) >= 11 is 0. The Balaban J connectivity index is 1.96. The zero-order chi connectivity index (χ0) is 14.6. The molecule has 0 unspecified atom stereocenters. The van der Waals surface area contributed by atoms with Crippen molar-refractivity contribution in [1.29, 1.82) is 0 Å². The number of allylic oxidation sites excluding steroid dienone is 1. The SMILES string of the molecule is CC(C)=CCCN1CCN(C)[C@]2(CCNC(=O)CC2)C1. The van der Waals surface area contributed by atoms with Crippen LogP contribution in [0.15, 0.2) is 11.6 Å². The summed E-state index contributed by atoms with van der Waals surface area (Å²) in [5, 5.41) is 3.02. The van der Waals surface area contributed by atoms with Crippen LogP contribution in [0.25, 0.3) is 0 Å². The van der Waals surface area contributed by atoms with Gasteiger partial charge in [0.2, 0.25) is 5.91 Å². The Morgan fingerprint density at radius 3 is 2.90 bits per heavy atom. The summed E-state index contributed by atoms with van der Waals surface area (Å²) in [5.74, 6) is 0.219. The molecule has 4 heteroatoms. The monoisotopic (exact) mass is 279 g/mol. The van der Waals surface area contributed by atoms with E-state index in [0.717, 1.165) is 52.0 Å². The third-order valence-electron chi connectivity index (χ3n) is 4.81. The molecule has 20 heavy (non-hydrogen) atoms. The number of nitrogens with zero attached hydrogens (tertiary/aromatic N) is 2. The van der Waals surface area contributed by atoms with Gasteiger partial charge in [-0.25, -0.2) is 0 Å². The fourth-order valence-electron chi connectivity index (χ4n) is 3.41. The van der Waals surface area contributed by atoms with Crippen LogP contribution in [0.5, 0.6) is 0 Å². The standard InChI is InChI=1S/C16H29N3O/c1-14(2)5-4-10-19-12-11-18(3)16(13-19)7-6-15(20)17-9-8-16/h5H,4,6-13H2,1-3H3,(H,17,20)/t16-/m1/s1. The molecule has 2 saturated heterocycles. The first-order chi connectivity index (χ1) is 9.52. The van der Waals surface area contributed by atoms with Crippen LogP contribution < -0.4 is 5.32 Å². The lowest BCUT2D eigenvalue weighted by Crippen LogP contribution is -2.61. The second-order valence-electron chi connectivity index (χ2n) is 6.59. The van der Waals surface area contributed by atoms with Gasteiger partial charge in [0.15, 0.2) is 0 Å². The first kappa shape index (κ1) is 15.5. The van der Waals surface area contributed by atoms with Crippen LogP contribution in [0.2, 0.25) is 0 Å². The Labute approximate surface area is 123 Å². The van der Waals surface area contributed by atoms with Crippen LogP contribution in [0.1, 0.15) is 39.5 Å². The maximum Gasteiger partial charge on any atom is 0.220 e. The second-order valence-corrected chi connectivity index (χ2v) is 6.59. The van der Waals surface area contributed by atoms with Gasteiger partial charge in [-0.2, -0.15) is 0 Å². The van der Waals surface area contributed by atoms with Crippen molar-refractivity contribution in [3.05, 3.63) is 11.6 Å². The Morgan fingerprint density at radius 1 is 1.35 bits per heavy atom. The number of hydrogen-bond donors (Lipinski definition) is 1. The average Bonchev–Trinajstić information content (AvgIpc) is 2.57. The summed E-state index contributed by atoms with van der Waals surface area (Å²) < 4.78 is 0. The van der Waals surface area contributed by atoms with Gasteiger partial charge in [-0.3, -0.25) is 14.6 Å². The predicted octanol–water partition coefficient (Wildman–Crippen LogP) is 1.63. The highest BCUT2D eigenvalue weighted by Gasteiger charge is 2.40. The minimum Gasteiger partial charge on any atom is -0.356 e. The molecule has 0 aliphatic carbocycles. The van der Waals surface area contributed by atoms with Crippen LogP contribution >= 0.6 is 0 Å². The molecule has 2 aliphatic rings. The van der Waals surface area contributed by atoms with Crippen molar-refractivity contribution in [2.75, 3.05) is 39.8 Å². The van der Waals surface area contributed by atoms with Gasteiger partial charge in [-0.05, 0) is 40.2 Å². The van der Waals surface area contributed by atoms with Crippen molar-refractivity contribution in [2.24, 2.45) is 0 Å². The zero-order valence-corrected chi connectivity index (χ0v) is 13.2. The van der Waals surface area contributed by atoms with Crippen molar-refractivity contribution in [2.45, 2.75) is 45.1 Å². The molecule has 0 radical (unpaired) electrons. The van der Waals surface area contributed by atoms with E-state index in [9.17, 15) is 4.79 Å². The lowest BCUT2D eigenvalue weighted by molar-refractivity contribution is -0.121. The smallest absolute Gasteiger partial charge is 0.220 e. The summed E-state index contributed by atoms with van der Waals surface area (Å²) in [6.07, 6.45) is 6.21. The summed E-state index contributed by atoms with van der Waals surface area (Å²) in [7, 11) is 2.23. The van der Waals surface area contributed by atoms with Crippen molar-refractivity contribution < 1.29 is 4.79 Å². The van der Waals surface area contributed by atoms with E-state index in [0.29, 0.717) is 6.42 Å². The highest BCUT2D eigenvalue weighted by atomic mass is 16.1. The first-order valence-corrected chi connectivity index (χ1v) is 7.85. The Morgan fingerprint density at radius 2 is 2.15 bits per heavy atom. The van der Waals surface area contributed by atoms with Gasteiger partial charge in [-0.15, -0.1) is 0 Å². The van der Waals surface area contributed by atoms with Crippen molar-refractivity contribution in [3.63, 3.8) is 0 Å². The van der Waals surface area contributed by atoms with E-state index in [-0.39, 0.29) is 11.4 Å². The molecule has 0 saturated carbocycles. The number of carbonyl (C=O) groups excluding carboxylic acids is 1. The number of likely N-dealkylation sites (N-methyl/N-ethyl adjacent to an activating group) is 1. The highest BCUT2D eigenvalue weighted by Crippen LogP contribution is 2.30. The van der Waals surface area contributed by atoms with Crippen LogP contribution in [-0.4, -0.2) is 61.0 Å². The minimum atomic E-state index is 0.197. The van der Waals surface area contributed by atoms with Gasteiger partial charge in [0, 0.05) is 44.7 Å². The van der Waals surface area contributed by atoms with Crippen LogP contribution in [0.4, 0.5) is 0 Å². The van der Waals surface area contributed by atoms with Gasteiger partial charge in [0.05, 0.1) is 0 Å². The van der Waals surface area contributed by atoms with E-state index < -0.39 is 0 Å². The maximum atomic E-state index is 11.6. The normalized spacial score (nSPS) is 29.1. The highest BCUT2D eigenvalue weighted by molar-refractivity contribution is 5.76. The minimum absolute atomic E-state index is 0.197. The van der Waals surface area contributed by atoms with E-state index in [4.69, 9.17) is 0 Å². The molecule has 2 aliphatic heterocycles. The topological polar surface area (TPSA) is 35.6 Å². The van der Waals surface area contributed by atoms with Crippen LogP contribution in [-0.2, 0) is 4.79 Å². The third-order valence-corrected chi connectivity index (χ3v) is 4.81. The van der Waals surface area contributed by atoms with Gasteiger partial charge in [0.1, 0.15) is 0 Å². The molecule has 1 amide bonds. The van der Waals surface area contributed by atoms with E-state index in [1.165, 1.54) is 5.57 Å². The van der Waals surface area contributed by atoms with E-state index in [2.05, 4.69) is 42.1 Å². The third kappa shape index (κ3) is 3.83. The molecule has 2 fully saturated rings. The molecule has 1 spiro atoms. The number of rotatable bonds is 3. The van der Waals surface area contributed by atoms with Crippen molar-refractivity contribution in [3.8, 4) is 0 Å². The molecule has 1 atom stereocenters. The van der Waals surface area contributed by atoms with Gasteiger partial charge >= 0.3 is 0 Å². The molecule has 2 heterocycles. The predicted molar refractivity (Wildman–Crippen MR) is 82.7 cm³/mol. The Kier molecular flexibility index (Phi) is 5.22. The molecule has 0 bridgehead atoms. The number of carbonyl (C=O) groups is 1. The lowest BCUT2D eigenvalue weighted by Gasteiger charge is -2.49. The van der Waals surface area contributed by atoms with Crippen LogP contribution in [0.3, 0.4) is 0 Å². The Bertz CT molecular complexity index is 376. The summed E-state index contributed by atoms with van der Waals surface area (Å²) in [4.78, 5) is 16.7. The molecule has 114 valence electrons. The van der Waals surface area contributed by atoms with Crippen molar-refractivity contribution in [1.82, 2.24) is 15.1 Å². The summed E-state index contributed by atoms with van der Waals surface area (Å²) in [5.41, 5.74) is 1.60. The van der Waals surface area contributed by atoms with E-state index in [1.807, 2.05) is 0 Å². The fraction of sp³-hybridized carbons (Fsp3) is 0.812. The average molecular weight is 279 g/mol. The van der Waals surface area contributed by atoms with Crippen LogP contribution in [0, 0.1) is 0 Å². The second kappa shape index (κ2) is 6.72. The maximum absolute atomic E-state index is 11.6. The number of amides is 1. The van der Waals surface area contributed by atoms with Gasteiger partial charge in [0.25, 0.3) is 0 Å². The molecule has 4 nitrogen and oxygen atoms in total. The van der Waals surface area contributed by atoms with Gasteiger partial charge < -0.3 is 5.32 Å². The summed E-state index contributed by atoms with van der Waals surface area (Å²) in [6.45, 7) is 9.66. The quantitative estimate of drug-likeness (QED) is 0.798. The summed E-state index contributed by atoms with van der Waals surface area (Å²) in [6, 6.07) is 0. The Hall–Kier alpha value is -0.870. The number of piperazine rings is 1. The molecule has 1 N–H and O–H groups in total. The molecule has 0 aromatic carbocycles. The lowest BCUT2D eigenvalue weighted by atomic mass is 9.86. The molecular weight excluding hydrogens is 250 g/mol. The molecule has 2 rings (SSSR count). The zero-order valence-electron chi connectivity index (χ0n) is 13.2. The van der Waals surface area contributed by atoms with Crippen molar-refractivity contribution >= 4 is 5.91 Å².